The van der Waals surface area contributed by atoms with Crippen LogP contribution in [0.5, 0.6) is 0 Å². The number of aliphatic carboxylic acids is 1. The molecule has 6 aliphatic rings. The molecule has 1 N–H and O–H groups in total. The molecule has 2 spiro atoms. The summed E-state index contributed by atoms with van der Waals surface area (Å²) in [4.78, 5) is 23.2. The minimum Gasteiger partial charge on any atom is -0.481 e. The van der Waals surface area contributed by atoms with Crippen molar-refractivity contribution in [1.82, 2.24) is 0 Å². The van der Waals surface area contributed by atoms with Crippen LogP contribution < -0.4 is 0 Å². The lowest BCUT2D eigenvalue weighted by Crippen LogP contribution is -2.65. The van der Waals surface area contributed by atoms with Crippen LogP contribution >= 0.6 is 0 Å². The fourth-order valence-corrected chi connectivity index (χ4v) is 6.28. The fraction of sp³-hybridized carbons (Fsp3) is 0.944. The summed E-state index contributed by atoms with van der Waals surface area (Å²) >= 11 is 0. The normalized spacial score (nSPS) is 54.7. The number of hydrogen-bond donors (Lipinski definition) is 1. The van der Waals surface area contributed by atoms with Crippen molar-refractivity contribution in [1.29, 1.82) is 0 Å². The largest absolute Gasteiger partial charge is 0.481 e. The van der Waals surface area contributed by atoms with Crippen molar-refractivity contribution in [3.05, 3.63) is 0 Å². The zero-order chi connectivity index (χ0) is 15.7. The summed E-state index contributed by atoms with van der Waals surface area (Å²) in [6, 6.07) is 0. The maximum atomic E-state index is 11.1. The first-order valence-corrected chi connectivity index (χ1v) is 9.32. The molecule has 1 heterocycles. The molecule has 5 heteroatoms. The molecule has 0 unspecified atom stereocenters. The Morgan fingerprint density at radius 3 is 2.00 bits per heavy atom. The second kappa shape index (κ2) is 4.93. The van der Waals surface area contributed by atoms with E-state index in [2.05, 4.69) is 0 Å². The smallest absolute Gasteiger partial charge is 0.306 e. The van der Waals surface area contributed by atoms with Gasteiger partial charge in [-0.3, -0.25) is 4.79 Å². The van der Waals surface area contributed by atoms with Crippen LogP contribution in [-0.4, -0.2) is 29.1 Å². The summed E-state index contributed by atoms with van der Waals surface area (Å²) in [6.07, 6.45) is 9.08. The number of carboxylic acids is 1. The molecule has 23 heavy (non-hydrogen) atoms. The molecule has 6 fully saturated rings. The van der Waals surface area contributed by atoms with Crippen molar-refractivity contribution < 1.29 is 24.4 Å². The van der Waals surface area contributed by atoms with Crippen LogP contribution in [0.1, 0.15) is 57.8 Å². The third kappa shape index (κ3) is 2.12. The van der Waals surface area contributed by atoms with Crippen LogP contribution in [0, 0.1) is 29.6 Å². The Labute approximate surface area is 136 Å². The van der Waals surface area contributed by atoms with Gasteiger partial charge in [0.05, 0.1) is 12.5 Å². The molecule has 5 saturated carbocycles. The maximum absolute atomic E-state index is 11.1. The highest BCUT2D eigenvalue weighted by molar-refractivity contribution is 5.70. The van der Waals surface area contributed by atoms with Gasteiger partial charge in [-0.1, -0.05) is 0 Å². The van der Waals surface area contributed by atoms with Crippen molar-refractivity contribution >= 4 is 5.97 Å². The molecule has 4 bridgehead atoms. The van der Waals surface area contributed by atoms with E-state index in [1.54, 1.807) is 0 Å². The zero-order valence-corrected chi connectivity index (χ0v) is 13.5. The monoisotopic (exact) mass is 322 g/mol. The molecule has 0 radical (unpaired) electrons. The highest BCUT2D eigenvalue weighted by atomic mass is 17.2. The van der Waals surface area contributed by atoms with Gasteiger partial charge in [0.25, 0.3) is 0 Å². The molecule has 6 rings (SSSR count). The van der Waals surface area contributed by atoms with E-state index in [1.165, 1.54) is 32.1 Å². The quantitative estimate of drug-likeness (QED) is 0.751. The second-order valence-electron chi connectivity index (χ2n) is 8.78. The molecule has 0 aromatic rings. The second-order valence-corrected chi connectivity index (χ2v) is 8.78. The van der Waals surface area contributed by atoms with Gasteiger partial charge in [0, 0.05) is 11.8 Å². The average Bonchev–Trinajstić information content (AvgIpc) is 2.54. The van der Waals surface area contributed by atoms with Gasteiger partial charge in [-0.2, -0.15) is 4.89 Å². The number of carbonyl (C=O) groups is 1. The average molecular weight is 322 g/mol. The SMILES string of the molecule is O=C(O)C1CCC2(CC1)COC1(OO2)C2CC3CC(C2)CC1C3. The molecule has 128 valence electrons. The van der Waals surface area contributed by atoms with Gasteiger partial charge in [0.2, 0.25) is 5.79 Å². The lowest BCUT2D eigenvalue weighted by molar-refractivity contribution is -0.548. The summed E-state index contributed by atoms with van der Waals surface area (Å²) in [5.41, 5.74) is -0.411. The molecule has 1 saturated heterocycles. The standard InChI is InChI=1S/C18H26O5/c19-16(20)13-1-3-17(4-2-13)10-21-18(23-22-17)14-6-11-5-12(8-14)9-15(18)7-11/h11-15H,1-10H2,(H,19,20). The van der Waals surface area contributed by atoms with Crippen molar-refractivity contribution in [3.63, 3.8) is 0 Å². The minimum absolute atomic E-state index is 0.235. The van der Waals surface area contributed by atoms with Gasteiger partial charge in [0.1, 0.15) is 5.60 Å². The van der Waals surface area contributed by atoms with Crippen LogP contribution in [-0.2, 0) is 19.3 Å². The molecule has 5 nitrogen and oxygen atoms in total. The van der Waals surface area contributed by atoms with Gasteiger partial charge in [-0.15, -0.1) is 0 Å². The topological polar surface area (TPSA) is 65.0 Å². The Morgan fingerprint density at radius 2 is 1.52 bits per heavy atom. The minimum atomic E-state index is -0.685. The van der Waals surface area contributed by atoms with E-state index in [-0.39, 0.29) is 5.92 Å². The van der Waals surface area contributed by atoms with E-state index in [4.69, 9.17) is 19.6 Å². The first kappa shape index (κ1) is 14.7. The molecule has 0 aromatic carbocycles. The van der Waals surface area contributed by atoms with Crippen molar-refractivity contribution in [3.8, 4) is 0 Å². The molecular weight excluding hydrogens is 296 g/mol. The molecule has 1 aliphatic heterocycles. The molecule has 0 atom stereocenters. The number of carboxylic acid groups (broad SMARTS) is 1. The van der Waals surface area contributed by atoms with Crippen LogP contribution in [0.2, 0.25) is 0 Å². The van der Waals surface area contributed by atoms with Crippen LogP contribution in [0.25, 0.3) is 0 Å². The summed E-state index contributed by atoms with van der Waals surface area (Å²) in [6.45, 7) is 0.571. The summed E-state index contributed by atoms with van der Waals surface area (Å²) in [7, 11) is 0. The van der Waals surface area contributed by atoms with Crippen LogP contribution in [0.3, 0.4) is 0 Å². The highest BCUT2D eigenvalue weighted by Gasteiger charge is 2.63. The Balaban J connectivity index is 1.29. The summed E-state index contributed by atoms with van der Waals surface area (Å²) in [5, 5.41) is 9.16. The van der Waals surface area contributed by atoms with Crippen molar-refractivity contribution in [2.24, 2.45) is 29.6 Å². The summed E-state index contributed by atoms with van der Waals surface area (Å²) in [5.74, 6) is 1.31. The predicted octanol–water partition coefficient (Wildman–Crippen LogP) is 3.13. The Morgan fingerprint density at radius 1 is 0.913 bits per heavy atom. The van der Waals surface area contributed by atoms with Crippen LogP contribution in [0.4, 0.5) is 0 Å². The van der Waals surface area contributed by atoms with Gasteiger partial charge < -0.3 is 9.84 Å². The number of ether oxygens (including phenoxy) is 1. The third-order valence-corrected chi connectivity index (χ3v) is 7.43. The molecule has 0 amide bonds. The Hall–Kier alpha value is -0.650. The molecular formula is C18H26O5. The van der Waals surface area contributed by atoms with E-state index in [9.17, 15) is 4.79 Å². The first-order valence-electron chi connectivity index (χ1n) is 9.32. The van der Waals surface area contributed by atoms with E-state index in [0.717, 1.165) is 24.7 Å². The lowest BCUT2D eigenvalue weighted by Gasteiger charge is -2.61. The van der Waals surface area contributed by atoms with Gasteiger partial charge in [0.15, 0.2) is 0 Å². The Kier molecular flexibility index (Phi) is 3.14. The van der Waals surface area contributed by atoms with Gasteiger partial charge in [-0.05, 0) is 69.6 Å². The van der Waals surface area contributed by atoms with Gasteiger partial charge >= 0.3 is 5.97 Å². The van der Waals surface area contributed by atoms with Crippen molar-refractivity contribution in [2.75, 3.05) is 6.61 Å². The fourth-order valence-electron chi connectivity index (χ4n) is 6.28. The molecule has 5 aliphatic carbocycles. The molecule has 0 aromatic heterocycles. The van der Waals surface area contributed by atoms with Gasteiger partial charge in [-0.25, -0.2) is 4.89 Å². The zero-order valence-electron chi connectivity index (χ0n) is 13.5. The van der Waals surface area contributed by atoms with E-state index >= 15 is 0 Å². The van der Waals surface area contributed by atoms with Crippen molar-refractivity contribution in [2.45, 2.75) is 69.2 Å². The van der Waals surface area contributed by atoms with Crippen LogP contribution in [0.15, 0.2) is 0 Å². The van der Waals surface area contributed by atoms with E-state index in [1.807, 2.05) is 0 Å². The van der Waals surface area contributed by atoms with E-state index < -0.39 is 17.4 Å². The number of rotatable bonds is 1. The lowest BCUT2D eigenvalue weighted by atomic mass is 9.53. The highest BCUT2D eigenvalue weighted by Crippen LogP contribution is 2.61. The number of hydrogen-bond acceptors (Lipinski definition) is 4. The predicted molar refractivity (Wildman–Crippen MR) is 80.2 cm³/mol. The Bertz CT molecular complexity index is 468. The van der Waals surface area contributed by atoms with E-state index in [0.29, 0.717) is 31.3 Å². The summed E-state index contributed by atoms with van der Waals surface area (Å²) < 4.78 is 6.44. The maximum Gasteiger partial charge on any atom is 0.306 e. The third-order valence-electron chi connectivity index (χ3n) is 7.43. The first-order chi connectivity index (χ1) is 11.1.